The van der Waals surface area contributed by atoms with Gasteiger partial charge in [0.15, 0.2) is 17.3 Å². The van der Waals surface area contributed by atoms with Crippen molar-refractivity contribution >= 4 is 11.7 Å². The first kappa shape index (κ1) is 22.1. The molecule has 1 aromatic rings. The highest BCUT2D eigenvalue weighted by atomic mass is 16.6. The number of likely N-dealkylation sites (tertiary alicyclic amines) is 1. The van der Waals surface area contributed by atoms with Crippen LogP contribution in [-0.2, 0) is 4.79 Å². The molecule has 1 fully saturated rings. The Morgan fingerprint density at radius 2 is 1.80 bits per heavy atom. The van der Waals surface area contributed by atoms with Crippen LogP contribution in [0.1, 0.15) is 50.9 Å². The number of piperidine rings is 1. The standard InChI is InChI=1S/C23H31N3O4/c1-15(2)23(4,14-24)25-22(28)16(3)26-9-7-17(8-10-26)21(27)18-5-6-19-20(13-18)30-12-11-29-19/h5-6,13,15-17H,7-12H2,1-4H3,(H,25,28). The van der Waals surface area contributed by atoms with Crippen LogP contribution in [-0.4, -0.2) is 54.5 Å². The molecule has 2 aliphatic rings. The second-order valence-electron chi connectivity index (χ2n) is 8.67. The number of nitrogens with one attached hydrogen (secondary N) is 1. The van der Waals surface area contributed by atoms with Gasteiger partial charge in [-0.15, -0.1) is 0 Å². The lowest BCUT2D eigenvalue weighted by molar-refractivity contribution is -0.128. The van der Waals surface area contributed by atoms with Gasteiger partial charge in [-0.05, 0) is 63.9 Å². The number of carbonyl (C=O) groups excluding carboxylic acids is 2. The fourth-order valence-corrected chi connectivity index (χ4v) is 3.81. The molecule has 0 bridgehead atoms. The highest BCUT2D eigenvalue weighted by Gasteiger charge is 2.35. The van der Waals surface area contributed by atoms with Gasteiger partial charge in [0.2, 0.25) is 5.91 Å². The molecule has 1 amide bonds. The second kappa shape index (κ2) is 9.05. The summed E-state index contributed by atoms with van der Waals surface area (Å²) >= 11 is 0. The van der Waals surface area contributed by atoms with E-state index in [1.807, 2.05) is 20.8 Å². The van der Waals surface area contributed by atoms with Crippen molar-refractivity contribution in [1.29, 1.82) is 5.26 Å². The Kier molecular flexibility index (Phi) is 6.67. The van der Waals surface area contributed by atoms with Gasteiger partial charge in [-0.1, -0.05) is 13.8 Å². The van der Waals surface area contributed by atoms with Crippen molar-refractivity contribution in [1.82, 2.24) is 10.2 Å². The van der Waals surface area contributed by atoms with Gasteiger partial charge in [0.25, 0.3) is 0 Å². The molecular weight excluding hydrogens is 382 g/mol. The fraction of sp³-hybridized carbons (Fsp3) is 0.609. The second-order valence-corrected chi connectivity index (χ2v) is 8.67. The number of carbonyl (C=O) groups is 2. The molecule has 0 aromatic heterocycles. The van der Waals surface area contributed by atoms with Crippen LogP contribution in [0.3, 0.4) is 0 Å². The molecule has 1 aromatic carbocycles. The first-order valence-corrected chi connectivity index (χ1v) is 10.7. The van der Waals surface area contributed by atoms with Crippen LogP contribution >= 0.6 is 0 Å². The number of ether oxygens (including phenoxy) is 2. The van der Waals surface area contributed by atoms with Crippen LogP contribution in [0.5, 0.6) is 11.5 Å². The largest absolute Gasteiger partial charge is 0.486 e. The van der Waals surface area contributed by atoms with E-state index >= 15 is 0 Å². The summed E-state index contributed by atoms with van der Waals surface area (Å²) in [6, 6.07) is 7.23. The number of benzene rings is 1. The SMILES string of the molecule is CC(C(=O)NC(C)(C#N)C(C)C)N1CCC(C(=O)c2ccc3c(c2)OCCO3)CC1. The van der Waals surface area contributed by atoms with E-state index in [1.165, 1.54) is 0 Å². The van der Waals surface area contributed by atoms with Crippen LogP contribution in [0.4, 0.5) is 0 Å². The van der Waals surface area contributed by atoms with Crippen LogP contribution in [0.25, 0.3) is 0 Å². The van der Waals surface area contributed by atoms with E-state index in [0.717, 1.165) is 0 Å². The first-order chi connectivity index (χ1) is 14.2. The van der Waals surface area contributed by atoms with Gasteiger partial charge >= 0.3 is 0 Å². The summed E-state index contributed by atoms with van der Waals surface area (Å²) in [5.41, 5.74) is -0.247. The van der Waals surface area contributed by atoms with Crippen LogP contribution in [0.15, 0.2) is 18.2 Å². The molecule has 1 N–H and O–H groups in total. The summed E-state index contributed by atoms with van der Waals surface area (Å²) in [5, 5.41) is 12.3. The van der Waals surface area contributed by atoms with Gasteiger partial charge in [0.05, 0.1) is 12.1 Å². The smallest absolute Gasteiger partial charge is 0.238 e. The van der Waals surface area contributed by atoms with Gasteiger partial charge in [0.1, 0.15) is 18.8 Å². The number of rotatable bonds is 6. The van der Waals surface area contributed by atoms with Gasteiger partial charge in [-0.25, -0.2) is 0 Å². The molecular formula is C23H31N3O4. The molecule has 7 heteroatoms. The third-order valence-electron chi connectivity index (χ3n) is 6.42. The highest BCUT2D eigenvalue weighted by Crippen LogP contribution is 2.32. The van der Waals surface area contributed by atoms with Gasteiger partial charge in [0, 0.05) is 11.5 Å². The van der Waals surface area contributed by atoms with Crippen LogP contribution < -0.4 is 14.8 Å². The van der Waals surface area contributed by atoms with Crippen molar-refractivity contribution in [2.75, 3.05) is 26.3 Å². The lowest BCUT2D eigenvalue weighted by Gasteiger charge is -2.36. The zero-order chi connectivity index (χ0) is 21.9. The number of ketones is 1. The Morgan fingerprint density at radius 3 is 2.40 bits per heavy atom. The molecule has 0 spiro atoms. The molecule has 2 heterocycles. The maximum absolute atomic E-state index is 13.0. The maximum atomic E-state index is 13.0. The Morgan fingerprint density at radius 1 is 1.17 bits per heavy atom. The number of hydrogen-bond donors (Lipinski definition) is 1. The van der Waals surface area contributed by atoms with E-state index in [1.54, 1.807) is 25.1 Å². The number of nitrogens with zero attached hydrogens (tertiary/aromatic N) is 2. The quantitative estimate of drug-likeness (QED) is 0.721. The fourth-order valence-electron chi connectivity index (χ4n) is 3.81. The molecule has 1 saturated heterocycles. The Hall–Kier alpha value is -2.59. The van der Waals surface area contributed by atoms with Crippen molar-refractivity contribution < 1.29 is 19.1 Å². The average molecular weight is 414 g/mol. The number of amides is 1. The lowest BCUT2D eigenvalue weighted by Crippen LogP contribution is -2.56. The Bertz CT molecular complexity index is 839. The Labute approximate surface area is 178 Å². The minimum atomic E-state index is -0.891. The molecule has 2 aliphatic heterocycles. The number of hydrogen-bond acceptors (Lipinski definition) is 6. The zero-order valence-corrected chi connectivity index (χ0v) is 18.2. The van der Waals surface area contributed by atoms with Gasteiger partial charge < -0.3 is 14.8 Å². The highest BCUT2D eigenvalue weighted by molar-refractivity contribution is 5.98. The summed E-state index contributed by atoms with van der Waals surface area (Å²) in [5.74, 6) is 1.20. The minimum absolute atomic E-state index is 0.00741. The van der Waals surface area contributed by atoms with E-state index in [-0.39, 0.29) is 29.6 Å². The maximum Gasteiger partial charge on any atom is 0.238 e. The van der Waals surface area contributed by atoms with Crippen molar-refractivity contribution in [3.63, 3.8) is 0 Å². The number of fused-ring (bicyclic) bond motifs is 1. The van der Waals surface area contributed by atoms with Crippen molar-refractivity contribution in [3.8, 4) is 17.6 Å². The van der Waals surface area contributed by atoms with Crippen LogP contribution in [0.2, 0.25) is 0 Å². The van der Waals surface area contributed by atoms with Crippen LogP contribution in [0, 0.1) is 23.2 Å². The molecule has 162 valence electrons. The van der Waals surface area contributed by atoms with Gasteiger partial charge in [-0.3, -0.25) is 14.5 Å². The van der Waals surface area contributed by atoms with E-state index in [2.05, 4.69) is 16.3 Å². The summed E-state index contributed by atoms with van der Waals surface area (Å²) < 4.78 is 11.1. The van der Waals surface area contributed by atoms with E-state index < -0.39 is 5.54 Å². The number of nitriles is 1. The summed E-state index contributed by atoms with van der Waals surface area (Å²) in [4.78, 5) is 27.7. The van der Waals surface area contributed by atoms with E-state index in [9.17, 15) is 14.9 Å². The van der Waals surface area contributed by atoms with Crippen molar-refractivity contribution in [2.24, 2.45) is 11.8 Å². The third kappa shape index (κ3) is 4.59. The van der Waals surface area contributed by atoms with E-state index in [0.29, 0.717) is 56.2 Å². The third-order valence-corrected chi connectivity index (χ3v) is 6.42. The molecule has 0 aliphatic carbocycles. The molecule has 2 unspecified atom stereocenters. The molecule has 7 nitrogen and oxygen atoms in total. The van der Waals surface area contributed by atoms with Gasteiger partial charge in [-0.2, -0.15) is 5.26 Å². The molecule has 30 heavy (non-hydrogen) atoms. The lowest BCUT2D eigenvalue weighted by atomic mass is 9.87. The molecule has 0 saturated carbocycles. The average Bonchev–Trinajstić information content (AvgIpc) is 2.77. The molecule has 2 atom stereocenters. The predicted octanol–water partition coefficient (Wildman–Crippen LogP) is 2.80. The Balaban J connectivity index is 1.57. The summed E-state index contributed by atoms with van der Waals surface area (Å²) in [6.45, 7) is 9.80. The molecule has 3 rings (SSSR count). The van der Waals surface area contributed by atoms with E-state index in [4.69, 9.17) is 9.47 Å². The first-order valence-electron chi connectivity index (χ1n) is 10.7. The molecule has 0 radical (unpaired) electrons. The summed E-state index contributed by atoms with van der Waals surface area (Å²) in [6.07, 6.45) is 1.40. The minimum Gasteiger partial charge on any atom is -0.486 e. The normalized spacial score (nSPS) is 20.1. The predicted molar refractivity (Wildman–Crippen MR) is 113 cm³/mol. The summed E-state index contributed by atoms with van der Waals surface area (Å²) in [7, 11) is 0. The van der Waals surface area contributed by atoms with Crippen molar-refractivity contribution in [3.05, 3.63) is 23.8 Å². The topological polar surface area (TPSA) is 91.7 Å². The van der Waals surface area contributed by atoms with Crippen molar-refractivity contribution in [2.45, 2.75) is 52.1 Å². The monoisotopic (exact) mass is 413 g/mol. The zero-order valence-electron chi connectivity index (χ0n) is 18.2. The number of Topliss-reactive ketones (excluding diaryl/α,β-unsaturated/α-hetero) is 1.